The Morgan fingerprint density at radius 2 is 2.10 bits per heavy atom. The zero-order chi connectivity index (χ0) is 14.5. The van der Waals surface area contributed by atoms with Crippen LogP contribution in [0.25, 0.3) is 0 Å². The third-order valence-electron chi connectivity index (χ3n) is 4.03. The van der Waals surface area contributed by atoms with Gasteiger partial charge in [0.25, 0.3) is 0 Å². The number of carbonyl (C=O) groups excluding carboxylic acids is 1. The maximum absolute atomic E-state index is 12.2. The van der Waals surface area contributed by atoms with Gasteiger partial charge < -0.3 is 15.4 Å². The van der Waals surface area contributed by atoms with E-state index in [0.29, 0.717) is 17.6 Å². The maximum Gasteiger partial charge on any atom is 0.230 e. The molecule has 114 valence electrons. The van der Waals surface area contributed by atoms with E-state index in [0.717, 1.165) is 43.7 Å². The first-order valence-corrected chi connectivity index (χ1v) is 8.71. The number of amides is 1. The van der Waals surface area contributed by atoms with Gasteiger partial charge in [-0.15, -0.1) is 11.8 Å². The lowest BCUT2D eigenvalue weighted by Crippen LogP contribution is -2.34. The molecule has 0 radical (unpaired) electrons. The average Bonchev–Trinajstić information content (AvgIpc) is 2.54. The zero-order valence-electron chi connectivity index (χ0n) is 12.1. The van der Waals surface area contributed by atoms with Gasteiger partial charge in [-0.1, -0.05) is 18.2 Å². The molecule has 1 unspecified atom stereocenters. The third-order valence-corrected chi connectivity index (χ3v) is 5.40. The first-order valence-electron chi connectivity index (χ1n) is 7.66. The van der Waals surface area contributed by atoms with Crippen molar-refractivity contribution in [3.63, 3.8) is 0 Å². The summed E-state index contributed by atoms with van der Waals surface area (Å²) in [6.45, 7) is 2.82. The summed E-state index contributed by atoms with van der Waals surface area (Å²) in [4.78, 5) is 12.2. The highest BCUT2D eigenvalue weighted by molar-refractivity contribution is 8.00. The molecule has 1 amide bonds. The highest BCUT2D eigenvalue weighted by atomic mass is 32.2. The minimum absolute atomic E-state index is 0.0936. The number of benzene rings is 1. The number of piperidine rings is 1. The number of hydrogen-bond donors (Lipinski definition) is 2. The Hall–Kier alpha value is -1.20. The SMILES string of the molecule is O=C(CSC1CCNCC1)NC1CCOc2ccccc21. The fraction of sp³-hybridized carbons (Fsp3) is 0.562. The van der Waals surface area contributed by atoms with Crippen LogP contribution in [-0.4, -0.2) is 36.6 Å². The number of rotatable bonds is 4. The van der Waals surface area contributed by atoms with E-state index in [1.807, 2.05) is 24.3 Å². The van der Waals surface area contributed by atoms with Crippen molar-refractivity contribution in [2.24, 2.45) is 0 Å². The van der Waals surface area contributed by atoms with Crippen molar-refractivity contribution in [2.75, 3.05) is 25.4 Å². The second-order valence-corrected chi connectivity index (χ2v) is 6.84. The van der Waals surface area contributed by atoms with Crippen molar-refractivity contribution < 1.29 is 9.53 Å². The summed E-state index contributed by atoms with van der Waals surface area (Å²) in [6.07, 6.45) is 3.18. The minimum Gasteiger partial charge on any atom is -0.493 e. The number of fused-ring (bicyclic) bond motifs is 1. The van der Waals surface area contributed by atoms with Gasteiger partial charge in [-0.2, -0.15) is 0 Å². The molecule has 1 fully saturated rings. The van der Waals surface area contributed by atoms with Gasteiger partial charge in [0.1, 0.15) is 5.75 Å². The van der Waals surface area contributed by atoms with Crippen LogP contribution in [0.15, 0.2) is 24.3 Å². The van der Waals surface area contributed by atoms with Crippen molar-refractivity contribution in [1.82, 2.24) is 10.6 Å². The molecule has 0 aliphatic carbocycles. The molecular weight excluding hydrogens is 284 g/mol. The molecular formula is C16H22N2O2S. The summed E-state index contributed by atoms with van der Waals surface area (Å²) in [7, 11) is 0. The van der Waals surface area contributed by atoms with Crippen LogP contribution < -0.4 is 15.4 Å². The Bertz CT molecular complexity index is 489. The van der Waals surface area contributed by atoms with Crippen LogP contribution in [0.1, 0.15) is 30.9 Å². The van der Waals surface area contributed by atoms with E-state index >= 15 is 0 Å². The molecule has 21 heavy (non-hydrogen) atoms. The molecule has 0 aromatic heterocycles. The summed E-state index contributed by atoms with van der Waals surface area (Å²) >= 11 is 1.79. The van der Waals surface area contributed by atoms with Crippen molar-refractivity contribution in [3.05, 3.63) is 29.8 Å². The summed E-state index contributed by atoms with van der Waals surface area (Å²) in [5.74, 6) is 1.60. The van der Waals surface area contributed by atoms with Crippen LogP contribution in [0.3, 0.4) is 0 Å². The lowest BCUT2D eigenvalue weighted by Gasteiger charge is -2.27. The smallest absolute Gasteiger partial charge is 0.230 e. The lowest BCUT2D eigenvalue weighted by molar-refractivity contribution is -0.119. The number of hydrogen-bond acceptors (Lipinski definition) is 4. The Kier molecular flexibility index (Phi) is 5.04. The summed E-state index contributed by atoms with van der Waals surface area (Å²) in [5, 5.41) is 7.13. The molecule has 2 heterocycles. The molecule has 2 aliphatic rings. The predicted octanol–water partition coefficient (Wildman–Crippen LogP) is 2.11. The van der Waals surface area contributed by atoms with E-state index in [9.17, 15) is 4.79 Å². The van der Waals surface area contributed by atoms with Gasteiger partial charge in [0.15, 0.2) is 0 Å². The van der Waals surface area contributed by atoms with Gasteiger partial charge in [0.05, 0.1) is 18.4 Å². The summed E-state index contributed by atoms with van der Waals surface area (Å²) in [5.41, 5.74) is 1.10. The highest BCUT2D eigenvalue weighted by Crippen LogP contribution is 2.31. The molecule has 1 aromatic rings. The van der Waals surface area contributed by atoms with Gasteiger partial charge in [0, 0.05) is 17.2 Å². The van der Waals surface area contributed by atoms with E-state index in [2.05, 4.69) is 10.6 Å². The fourth-order valence-electron chi connectivity index (χ4n) is 2.88. The van der Waals surface area contributed by atoms with Crippen molar-refractivity contribution in [1.29, 1.82) is 0 Å². The Balaban J connectivity index is 1.51. The number of para-hydroxylation sites is 1. The molecule has 5 heteroatoms. The predicted molar refractivity (Wildman–Crippen MR) is 85.8 cm³/mol. The first kappa shape index (κ1) is 14.7. The molecule has 0 spiro atoms. The van der Waals surface area contributed by atoms with E-state index < -0.39 is 0 Å². The molecule has 1 atom stereocenters. The molecule has 0 bridgehead atoms. The van der Waals surface area contributed by atoms with Crippen LogP contribution in [0, 0.1) is 0 Å². The van der Waals surface area contributed by atoms with E-state index in [-0.39, 0.29) is 11.9 Å². The second-order valence-electron chi connectivity index (χ2n) is 5.56. The number of ether oxygens (including phenoxy) is 1. The van der Waals surface area contributed by atoms with Crippen LogP contribution in [-0.2, 0) is 4.79 Å². The standard InChI is InChI=1S/C16H22N2O2S/c19-16(11-21-12-5-8-17-9-6-12)18-14-7-10-20-15-4-2-1-3-13(14)15/h1-4,12,14,17H,5-11H2,(H,18,19). The van der Waals surface area contributed by atoms with Crippen LogP contribution >= 0.6 is 11.8 Å². The normalized spacial score (nSPS) is 22.2. The van der Waals surface area contributed by atoms with E-state index in [4.69, 9.17) is 4.74 Å². The Morgan fingerprint density at radius 3 is 2.95 bits per heavy atom. The molecule has 3 rings (SSSR count). The number of nitrogens with one attached hydrogen (secondary N) is 2. The first-order chi connectivity index (χ1) is 10.3. The minimum atomic E-state index is 0.0936. The fourth-order valence-corrected chi connectivity index (χ4v) is 3.92. The van der Waals surface area contributed by atoms with Gasteiger partial charge in [-0.25, -0.2) is 0 Å². The van der Waals surface area contributed by atoms with Crippen LogP contribution in [0.5, 0.6) is 5.75 Å². The largest absolute Gasteiger partial charge is 0.493 e. The molecule has 2 aliphatic heterocycles. The summed E-state index contributed by atoms with van der Waals surface area (Å²) in [6, 6.07) is 8.07. The monoisotopic (exact) mass is 306 g/mol. The Labute approximate surface area is 130 Å². The highest BCUT2D eigenvalue weighted by Gasteiger charge is 2.23. The van der Waals surface area contributed by atoms with Gasteiger partial charge in [-0.05, 0) is 32.0 Å². The second kappa shape index (κ2) is 7.18. The van der Waals surface area contributed by atoms with E-state index in [1.165, 1.54) is 0 Å². The van der Waals surface area contributed by atoms with Crippen molar-refractivity contribution in [2.45, 2.75) is 30.6 Å². The van der Waals surface area contributed by atoms with Gasteiger partial charge in [-0.3, -0.25) is 4.79 Å². The Morgan fingerprint density at radius 1 is 1.29 bits per heavy atom. The van der Waals surface area contributed by atoms with Gasteiger partial charge >= 0.3 is 0 Å². The third kappa shape index (κ3) is 3.92. The van der Waals surface area contributed by atoms with Crippen molar-refractivity contribution in [3.8, 4) is 5.75 Å². The topological polar surface area (TPSA) is 50.4 Å². The summed E-state index contributed by atoms with van der Waals surface area (Å²) < 4.78 is 5.63. The average molecular weight is 306 g/mol. The number of thioether (sulfide) groups is 1. The van der Waals surface area contributed by atoms with Crippen molar-refractivity contribution >= 4 is 17.7 Å². The molecule has 0 saturated carbocycles. The maximum atomic E-state index is 12.2. The number of carbonyl (C=O) groups is 1. The van der Waals surface area contributed by atoms with Crippen LogP contribution in [0.2, 0.25) is 0 Å². The quantitative estimate of drug-likeness (QED) is 0.894. The van der Waals surface area contributed by atoms with E-state index in [1.54, 1.807) is 11.8 Å². The lowest BCUT2D eigenvalue weighted by atomic mass is 10.0. The zero-order valence-corrected chi connectivity index (χ0v) is 13.0. The molecule has 2 N–H and O–H groups in total. The molecule has 1 aromatic carbocycles. The molecule has 4 nitrogen and oxygen atoms in total. The van der Waals surface area contributed by atoms with Gasteiger partial charge in [0.2, 0.25) is 5.91 Å². The van der Waals surface area contributed by atoms with Crippen LogP contribution in [0.4, 0.5) is 0 Å². The molecule has 1 saturated heterocycles.